The fraction of sp³-hybridized carbons (Fsp3) is 0.333. The van der Waals surface area contributed by atoms with Crippen LogP contribution in [0.15, 0.2) is 53.3 Å². The molecule has 0 aliphatic carbocycles. The zero-order valence-electron chi connectivity index (χ0n) is 12.9. The first-order valence-electron chi connectivity index (χ1n) is 7.90. The highest BCUT2D eigenvalue weighted by Crippen LogP contribution is 2.20. The highest BCUT2D eigenvalue weighted by molar-refractivity contribution is 5.97. The van der Waals surface area contributed by atoms with E-state index in [2.05, 4.69) is 5.32 Å². The van der Waals surface area contributed by atoms with Gasteiger partial charge in [0.25, 0.3) is 5.91 Å². The molecule has 0 saturated carbocycles. The van der Waals surface area contributed by atoms with Crippen LogP contribution in [0.4, 0.5) is 0 Å². The van der Waals surface area contributed by atoms with Gasteiger partial charge in [-0.15, -0.1) is 0 Å². The molecular weight excluding hydrogens is 292 g/mol. The molecule has 1 atom stereocenters. The van der Waals surface area contributed by atoms with Gasteiger partial charge in [-0.1, -0.05) is 30.3 Å². The number of rotatable bonds is 4. The third-order valence-corrected chi connectivity index (χ3v) is 4.14. The van der Waals surface area contributed by atoms with Gasteiger partial charge >= 0.3 is 0 Å². The van der Waals surface area contributed by atoms with Crippen LogP contribution < -0.4 is 5.32 Å². The van der Waals surface area contributed by atoms with Crippen molar-refractivity contribution in [2.75, 3.05) is 6.54 Å². The molecule has 1 aliphatic rings. The summed E-state index contributed by atoms with van der Waals surface area (Å²) in [6.45, 7) is 1.08. The van der Waals surface area contributed by atoms with E-state index < -0.39 is 6.04 Å². The average molecular weight is 312 g/mol. The van der Waals surface area contributed by atoms with Crippen LogP contribution in [0.5, 0.6) is 0 Å². The second-order valence-corrected chi connectivity index (χ2v) is 5.73. The number of nitrogens with zero attached hydrogens (tertiary/aromatic N) is 1. The van der Waals surface area contributed by atoms with Gasteiger partial charge in [-0.25, -0.2) is 0 Å². The summed E-state index contributed by atoms with van der Waals surface area (Å²) in [6.07, 6.45) is 5.48. The van der Waals surface area contributed by atoms with E-state index in [1.807, 2.05) is 30.3 Å². The average Bonchev–Trinajstić information content (AvgIpc) is 3.14. The summed E-state index contributed by atoms with van der Waals surface area (Å²) in [5, 5.41) is 2.94. The molecule has 1 N–H and O–H groups in total. The van der Waals surface area contributed by atoms with E-state index in [9.17, 15) is 9.59 Å². The molecule has 0 radical (unpaired) electrons. The van der Waals surface area contributed by atoms with Crippen molar-refractivity contribution < 1.29 is 14.0 Å². The number of nitrogens with one attached hydrogen (secondary N) is 1. The van der Waals surface area contributed by atoms with Gasteiger partial charge in [-0.2, -0.15) is 0 Å². The van der Waals surface area contributed by atoms with Gasteiger partial charge in [0.1, 0.15) is 12.3 Å². The lowest BCUT2D eigenvalue weighted by Crippen LogP contribution is -2.51. The lowest BCUT2D eigenvalue weighted by molar-refractivity contribution is -0.126. The number of hydrogen-bond donors (Lipinski definition) is 1. The van der Waals surface area contributed by atoms with E-state index >= 15 is 0 Å². The summed E-state index contributed by atoms with van der Waals surface area (Å²) < 4.78 is 4.98. The number of piperidine rings is 1. The van der Waals surface area contributed by atoms with Gasteiger partial charge in [0.05, 0.1) is 11.8 Å². The lowest BCUT2D eigenvalue weighted by Gasteiger charge is -2.34. The maximum absolute atomic E-state index is 12.5. The molecule has 1 aromatic heterocycles. The first-order chi connectivity index (χ1) is 11.3. The third kappa shape index (κ3) is 3.62. The van der Waals surface area contributed by atoms with Crippen molar-refractivity contribution in [2.45, 2.75) is 31.8 Å². The topological polar surface area (TPSA) is 62.6 Å². The Kier molecular flexibility index (Phi) is 4.76. The summed E-state index contributed by atoms with van der Waals surface area (Å²) in [7, 11) is 0. The normalized spacial score (nSPS) is 17.7. The van der Waals surface area contributed by atoms with Crippen LogP contribution in [0.3, 0.4) is 0 Å². The standard InChI is InChI=1S/C18H20N2O3/c21-17(19-12-14-6-2-1-3-7-14)16-8-4-5-10-20(16)18(22)15-9-11-23-13-15/h1-3,6-7,9,11,13,16H,4-5,8,10,12H2,(H,19,21)/t16-/m0/s1. The highest BCUT2D eigenvalue weighted by atomic mass is 16.3. The molecule has 5 nitrogen and oxygen atoms in total. The Labute approximate surface area is 135 Å². The Morgan fingerprint density at radius 1 is 1.17 bits per heavy atom. The fourth-order valence-electron chi connectivity index (χ4n) is 2.90. The highest BCUT2D eigenvalue weighted by Gasteiger charge is 2.32. The van der Waals surface area contributed by atoms with Crippen LogP contribution in [-0.4, -0.2) is 29.3 Å². The van der Waals surface area contributed by atoms with Gasteiger partial charge < -0.3 is 14.6 Å². The minimum absolute atomic E-state index is 0.0922. The SMILES string of the molecule is O=C(NCc1ccccc1)[C@@H]1CCCCN1C(=O)c1ccoc1. The van der Waals surface area contributed by atoms with Crippen LogP contribution >= 0.6 is 0 Å². The Balaban J connectivity index is 1.66. The zero-order valence-corrected chi connectivity index (χ0v) is 12.9. The van der Waals surface area contributed by atoms with Crippen LogP contribution in [-0.2, 0) is 11.3 Å². The van der Waals surface area contributed by atoms with Crippen molar-refractivity contribution in [3.8, 4) is 0 Å². The maximum atomic E-state index is 12.5. The monoisotopic (exact) mass is 312 g/mol. The Bertz CT molecular complexity index is 652. The molecule has 1 saturated heterocycles. The second-order valence-electron chi connectivity index (χ2n) is 5.73. The molecule has 2 amide bonds. The molecule has 23 heavy (non-hydrogen) atoms. The molecule has 2 aromatic rings. The number of hydrogen-bond acceptors (Lipinski definition) is 3. The lowest BCUT2D eigenvalue weighted by atomic mass is 10.0. The van der Waals surface area contributed by atoms with Crippen LogP contribution in [0.2, 0.25) is 0 Å². The van der Waals surface area contributed by atoms with Gasteiger partial charge in [0, 0.05) is 13.1 Å². The minimum atomic E-state index is -0.408. The maximum Gasteiger partial charge on any atom is 0.257 e. The zero-order chi connectivity index (χ0) is 16.1. The van der Waals surface area contributed by atoms with Gasteiger partial charge in [-0.3, -0.25) is 9.59 Å². The molecule has 0 unspecified atom stereocenters. The molecule has 1 fully saturated rings. The Morgan fingerprint density at radius 2 is 2.00 bits per heavy atom. The Hall–Kier alpha value is -2.56. The number of likely N-dealkylation sites (tertiary alicyclic amines) is 1. The fourth-order valence-corrected chi connectivity index (χ4v) is 2.90. The van der Waals surface area contributed by atoms with Gasteiger partial charge in [-0.05, 0) is 30.9 Å². The van der Waals surface area contributed by atoms with Crippen LogP contribution in [0.1, 0.15) is 35.2 Å². The molecule has 3 rings (SSSR count). The molecule has 1 aromatic carbocycles. The van der Waals surface area contributed by atoms with E-state index in [-0.39, 0.29) is 11.8 Å². The van der Waals surface area contributed by atoms with Crippen molar-refractivity contribution in [1.29, 1.82) is 0 Å². The second kappa shape index (κ2) is 7.13. The van der Waals surface area contributed by atoms with Gasteiger partial charge in [0.2, 0.25) is 5.91 Å². The summed E-state index contributed by atoms with van der Waals surface area (Å²) in [6, 6.07) is 11.0. The van der Waals surface area contributed by atoms with Crippen molar-refractivity contribution in [3.63, 3.8) is 0 Å². The van der Waals surface area contributed by atoms with E-state index in [1.165, 1.54) is 12.5 Å². The largest absolute Gasteiger partial charge is 0.472 e. The van der Waals surface area contributed by atoms with E-state index in [0.717, 1.165) is 18.4 Å². The minimum Gasteiger partial charge on any atom is -0.472 e. The van der Waals surface area contributed by atoms with Crippen molar-refractivity contribution in [1.82, 2.24) is 10.2 Å². The summed E-state index contributed by atoms with van der Waals surface area (Å²) in [5.74, 6) is -0.233. The molecular formula is C18H20N2O3. The molecule has 0 bridgehead atoms. The first-order valence-corrected chi connectivity index (χ1v) is 7.90. The summed E-state index contributed by atoms with van der Waals surface area (Å²) in [4.78, 5) is 26.7. The molecule has 5 heteroatoms. The molecule has 2 heterocycles. The Morgan fingerprint density at radius 3 is 2.74 bits per heavy atom. The third-order valence-electron chi connectivity index (χ3n) is 4.14. The van der Waals surface area contributed by atoms with Gasteiger partial charge in [0.15, 0.2) is 0 Å². The van der Waals surface area contributed by atoms with Crippen molar-refractivity contribution in [2.24, 2.45) is 0 Å². The number of amides is 2. The van der Waals surface area contributed by atoms with E-state index in [0.29, 0.717) is 25.1 Å². The number of carbonyl (C=O) groups is 2. The number of furan rings is 1. The smallest absolute Gasteiger partial charge is 0.257 e. The van der Waals surface area contributed by atoms with Crippen LogP contribution in [0, 0.1) is 0 Å². The van der Waals surface area contributed by atoms with E-state index in [4.69, 9.17) is 4.42 Å². The first kappa shape index (κ1) is 15.3. The predicted octanol–water partition coefficient (Wildman–Crippen LogP) is 2.59. The summed E-state index contributed by atoms with van der Waals surface area (Å²) in [5.41, 5.74) is 1.54. The summed E-state index contributed by atoms with van der Waals surface area (Å²) >= 11 is 0. The molecule has 1 aliphatic heterocycles. The number of benzene rings is 1. The van der Waals surface area contributed by atoms with Crippen molar-refractivity contribution >= 4 is 11.8 Å². The molecule has 0 spiro atoms. The number of carbonyl (C=O) groups excluding carboxylic acids is 2. The quantitative estimate of drug-likeness (QED) is 0.944. The van der Waals surface area contributed by atoms with Crippen LogP contribution in [0.25, 0.3) is 0 Å². The molecule has 120 valence electrons. The van der Waals surface area contributed by atoms with E-state index in [1.54, 1.807) is 11.0 Å². The van der Waals surface area contributed by atoms with Crippen molar-refractivity contribution in [3.05, 3.63) is 60.1 Å². The predicted molar refractivity (Wildman–Crippen MR) is 85.7 cm³/mol.